The Kier molecular flexibility index (Phi) is 4.54. The first-order valence-electron chi connectivity index (χ1n) is 5.70. The van der Waals surface area contributed by atoms with Crippen LogP contribution in [0.25, 0.3) is 0 Å². The summed E-state index contributed by atoms with van der Waals surface area (Å²) >= 11 is 0. The van der Waals surface area contributed by atoms with E-state index in [1.807, 2.05) is 6.92 Å². The Bertz CT molecular complexity index is 217. The lowest BCUT2D eigenvalue weighted by Crippen LogP contribution is -2.35. The first-order valence-corrected chi connectivity index (χ1v) is 5.70. The average molecular weight is 212 g/mol. The Morgan fingerprint density at radius 2 is 2.33 bits per heavy atom. The summed E-state index contributed by atoms with van der Waals surface area (Å²) in [4.78, 5) is 4.68. The van der Waals surface area contributed by atoms with Crippen molar-refractivity contribution in [3.8, 4) is 0 Å². The molecule has 0 radical (unpaired) electrons. The monoisotopic (exact) mass is 212 g/mol. The molecule has 0 aromatic rings. The Morgan fingerprint density at radius 3 is 2.80 bits per heavy atom. The molecule has 1 heterocycles. The van der Waals surface area contributed by atoms with Gasteiger partial charge in [-0.1, -0.05) is 6.92 Å². The maximum atomic E-state index is 7.35. The molecular formula is C11H24N4. The number of likely N-dealkylation sites (tertiary alicyclic amines) is 1. The van der Waals surface area contributed by atoms with Crippen molar-refractivity contribution in [2.24, 2.45) is 17.6 Å². The van der Waals surface area contributed by atoms with Crippen LogP contribution in [0.1, 0.15) is 13.3 Å². The Labute approximate surface area is 92.9 Å². The SMILES string of the molecule is CC(CN(C)CC1CCN(C)C1)C(=N)N. The molecule has 3 N–H and O–H groups in total. The molecule has 0 amide bonds. The van der Waals surface area contributed by atoms with Crippen LogP contribution in [0.4, 0.5) is 0 Å². The van der Waals surface area contributed by atoms with Gasteiger partial charge in [0.2, 0.25) is 0 Å². The summed E-state index contributed by atoms with van der Waals surface area (Å²) < 4.78 is 0. The highest BCUT2D eigenvalue weighted by Crippen LogP contribution is 2.15. The second kappa shape index (κ2) is 5.47. The molecule has 0 bridgehead atoms. The number of nitrogens with two attached hydrogens (primary N) is 1. The molecule has 2 unspecified atom stereocenters. The molecule has 0 aromatic heterocycles. The highest BCUT2D eigenvalue weighted by Gasteiger charge is 2.21. The van der Waals surface area contributed by atoms with Gasteiger partial charge >= 0.3 is 0 Å². The van der Waals surface area contributed by atoms with Crippen molar-refractivity contribution in [3.05, 3.63) is 0 Å². The Balaban J connectivity index is 2.23. The molecule has 0 spiro atoms. The molecular weight excluding hydrogens is 188 g/mol. The van der Waals surface area contributed by atoms with E-state index < -0.39 is 0 Å². The van der Waals surface area contributed by atoms with E-state index in [2.05, 4.69) is 23.9 Å². The smallest absolute Gasteiger partial charge is 0.0947 e. The van der Waals surface area contributed by atoms with Crippen LogP contribution >= 0.6 is 0 Å². The maximum Gasteiger partial charge on any atom is 0.0947 e. The molecule has 88 valence electrons. The van der Waals surface area contributed by atoms with Crippen LogP contribution in [0.5, 0.6) is 0 Å². The second-order valence-corrected chi connectivity index (χ2v) is 4.99. The zero-order valence-electron chi connectivity index (χ0n) is 10.2. The maximum absolute atomic E-state index is 7.35. The Hall–Kier alpha value is -0.610. The zero-order valence-corrected chi connectivity index (χ0v) is 10.2. The molecule has 15 heavy (non-hydrogen) atoms. The lowest BCUT2D eigenvalue weighted by atomic mass is 10.1. The Morgan fingerprint density at radius 1 is 1.67 bits per heavy atom. The molecule has 1 aliphatic rings. The van der Waals surface area contributed by atoms with Gasteiger partial charge in [0.1, 0.15) is 0 Å². The minimum atomic E-state index is 0.175. The van der Waals surface area contributed by atoms with Crippen LogP contribution in [0.15, 0.2) is 0 Å². The van der Waals surface area contributed by atoms with E-state index in [1.165, 1.54) is 19.5 Å². The normalized spacial score (nSPS) is 24.7. The summed E-state index contributed by atoms with van der Waals surface area (Å²) in [5.74, 6) is 1.26. The van der Waals surface area contributed by atoms with Crippen LogP contribution < -0.4 is 5.73 Å². The van der Waals surface area contributed by atoms with Gasteiger partial charge in [-0.25, -0.2) is 0 Å². The summed E-state index contributed by atoms with van der Waals surface area (Å²) in [6, 6.07) is 0. The van der Waals surface area contributed by atoms with Crippen molar-refractivity contribution in [3.63, 3.8) is 0 Å². The highest BCUT2D eigenvalue weighted by atomic mass is 15.1. The minimum absolute atomic E-state index is 0.175. The second-order valence-electron chi connectivity index (χ2n) is 4.99. The van der Waals surface area contributed by atoms with Gasteiger partial charge in [0, 0.05) is 25.6 Å². The van der Waals surface area contributed by atoms with E-state index in [4.69, 9.17) is 11.1 Å². The van der Waals surface area contributed by atoms with Crippen LogP contribution in [-0.2, 0) is 0 Å². The molecule has 1 aliphatic heterocycles. The van der Waals surface area contributed by atoms with Gasteiger partial charge in [-0.2, -0.15) is 0 Å². The predicted molar refractivity (Wildman–Crippen MR) is 64.2 cm³/mol. The first kappa shape index (κ1) is 12.5. The van der Waals surface area contributed by atoms with Gasteiger partial charge < -0.3 is 15.5 Å². The lowest BCUT2D eigenvalue weighted by molar-refractivity contribution is 0.261. The number of nitrogens with one attached hydrogen (secondary N) is 1. The van der Waals surface area contributed by atoms with Crippen LogP contribution in [0.2, 0.25) is 0 Å². The number of hydrogen-bond donors (Lipinski definition) is 2. The van der Waals surface area contributed by atoms with Gasteiger partial charge in [-0.3, -0.25) is 5.41 Å². The predicted octanol–water partition coefficient (Wildman–Crippen LogP) is 0.442. The van der Waals surface area contributed by atoms with Gasteiger partial charge in [0.15, 0.2) is 0 Å². The molecule has 4 heteroatoms. The first-order chi connectivity index (χ1) is 6.99. The van der Waals surface area contributed by atoms with Crippen molar-refractivity contribution in [2.75, 3.05) is 40.3 Å². The van der Waals surface area contributed by atoms with Crippen LogP contribution in [-0.4, -0.2) is 55.9 Å². The van der Waals surface area contributed by atoms with E-state index in [-0.39, 0.29) is 5.92 Å². The average Bonchev–Trinajstić information content (AvgIpc) is 2.50. The third-order valence-corrected chi connectivity index (χ3v) is 3.18. The number of hydrogen-bond acceptors (Lipinski definition) is 3. The standard InChI is InChI=1S/C11H24N4/c1-9(11(12)13)6-15(3)8-10-4-5-14(2)7-10/h9-10H,4-8H2,1-3H3,(H3,12,13). The van der Waals surface area contributed by atoms with Gasteiger partial charge in [-0.15, -0.1) is 0 Å². The molecule has 1 fully saturated rings. The van der Waals surface area contributed by atoms with Crippen molar-refractivity contribution in [1.82, 2.24) is 9.80 Å². The van der Waals surface area contributed by atoms with Crippen LogP contribution in [0.3, 0.4) is 0 Å². The van der Waals surface area contributed by atoms with Gasteiger partial charge in [0.05, 0.1) is 5.84 Å². The molecule has 4 nitrogen and oxygen atoms in total. The largest absolute Gasteiger partial charge is 0.387 e. The summed E-state index contributed by atoms with van der Waals surface area (Å²) in [5, 5.41) is 7.35. The molecule has 1 saturated heterocycles. The lowest BCUT2D eigenvalue weighted by Gasteiger charge is -2.23. The van der Waals surface area contributed by atoms with Crippen LogP contribution in [0, 0.1) is 17.2 Å². The van der Waals surface area contributed by atoms with E-state index in [1.54, 1.807) is 0 Å². The van der Waals surface area contributed by atoms with Gasteiger partial charge in [-0.05, 0) is 33.0 Å². The van der Waals surface area contributed by atoms with Crippen molar-refractivity contribution >= 4 is 5.84 Å². The van der Waals surface area contributed by atoms with Crippen molar-refractivity contribution in [2.45, 2.75) is 13.3 Å². The number of rotatable bonds is 5. The quantitative estimate of drug-likeness (QED) is 0.513. The van der Waals surface area contributed by atoms with E-state index in [0.29, 0.717) is 5.84 Å². The summed E-state index contributed by atoms with van der Waals surface area (Å²) in [6.07, 6.45) is 1.30. The summed E-state index contributed by atoms with van der Waals surface area (Å²) in [7, 11) is 4.30. The topological polar surface area (TPSA) is 56.4 Å². The fourth-order valence-electron chi connectivity index (χ4n) is 2.26. The van der Waals surface area contributed by atoms with E-state index in [9.17, 15) is 0 Å². The number of nitrogens with zero attached hydrogens (tertiary/aromatic N) is 2. The molecule has 1 rings (SSSR count). The van der Waals surface area contributed by atoms with Gasteiger partial charge in [0.25, 0.3) is 0 Å². The van der Waals surface area contributed by atoms with E-state index >= 15 is 0 Å². The molecule has 0 aromatic carbocycles. The summed E-state index contributed by atoms with van der Waals surface area (Å²) in [6.45, 7) is 6.47. The minimum Gasteiger partial charge on any atom is -0.387 e. The third-order valence-electron chi connectivity index (χ3n) is 3.18. The van der Waals surface area contributed by atoms with Crippen molar-refractivity contribution < 1.29 is 0 Å². The zero-order chi connectivity index (χ0) is 11.4. The molecule has 0 saturated carbocycles. The van der Waals surface area contributed by atoms with Crippen molar-refractivity contribution in [1.29, 1.82) is 5.41 Å². The molecule has 0 aliphatic carbocycles. The third kappa shape index (κ3) is 4.18. The van der Waals surface area contributed by atoms with E-state index in [0.717, 1.165) is 19.0 Å². The number of amidine groups is 1. The fourth-order valence-corrected chi connectivity index (χ4v) is 2.26. The summed E-state index contributed by atoms with van der Waals surface area (Å²) in [5.41, 5.74) is 5.46. The molecule has 2 atom stereocenters. The fraction of sp³-hybridized carbons (Fsp3) is 0.909. The highest BCUT2D eigenvalue weighted by molar-refractivity contribution is 5.79.